The highest BCUT2D eigenvalue weighted by Gasteiger charge is 2.10. The maximum absolute atomic E-state index is 10.8. The third kappa shape index (κ3) is 3.77. The van der Waals surface area contributed by atoms with Crippen LogP contribution in [0.1, 0.15) is 5.56 Å². The number of rotatable bonds is 5. The summed E-state index contributed by atoms with van der Waals surface area (Å²) in [6, 6.07) is 9.47. The predicted octanol–water partition coefficient (Wildman–Crippen LogP) is 4.52. The molecule has 0 saturated carbocycles. The fourth-order valence-corrected chi connectivity index (χ4v) is 2.22. The van der Waals surface area contributed by atoms with Crippen molar-refractivity contribution in [3.63, 3.8) is 0 Å². The molecule has 0 aliphatic heterocycles. The standard InChI is InChI=1S/C14H12Cl2N2O3/c1-21-14-5-2-10(15)6-9(14)8-17-13-7-11(18(19)20)3-4-12(13)16/h2-7,17H,8H2,1H3. The Morgan fingerprint density at radius 2 is 2.00 bits per heavy atom. The molecule has 0 heterocycles. The summed E-state index contributed by atoms with van der Waals surface area (Å²) in [5, 5.41) is 14.8. The molecule has 0 radical (unpaired) electrons. The van der Waals surface area contributed by atoms with Gasteiger partial charge in [0.1, 0.15) is 5.75 Å². The van der Waals surface area contributed by atoms with Gasteiger partial charge in [-0.3, -0.25) is 10.1 Å². The number of benzene rings is 2. The molecular formula is C14H12Cl2N2O3. The molecule has 0 bridgehead atoms. The average molecular weight is 327 g/mol. The number of nitro benzene ring substituents is 1. The van der Waals surface area contributed by atoms with Crippen molar-refractivity contribution in [1.82, 2.24) is 0 Å². The highest BCUT2D eigenvalue weighted by Crippen LogP contribution is 2.29. The van der Waals surface area contributed by atoms with Gasteiger partial charge < -0.3 is 10.1 Å². The second-order valence-electron chi connectivity index (χ2n) is 4.23. The van der Waals surface area contributed by atoms with Crippen LogP contribution in [0.3, 0.4) is 0 Å². The Labute approximate surface area is 131 Å². The topological polar surface area (TPSA) is 64.4 Å². The lowest BCUT2D eigenvalue weighted by atomic mass is 10.2. The van der Waals surface area contributed by atoms with Crippen molar-refractivity contribution in [2.24, 2.45) is 0 Å². The number of ether oxygens (including phenoxy) is 1. The molecule has 110 valence electrons. The van der Waals surface area contributed by atoms with Gasteiger partial charge in [0.2, 0.25) is 0 Å². The highest BCUT2D eigenvalue weighted by molar-refractivity contribution is 6.33. The van der Waals surface area contributed by atoms with Crippen molar-refractivity contribution >= 4 is 34.6 Å². The number of hydrogen-bond acceptors (Lipinski definition) is 4. The van der Waals surface area contributed by atoms with E-state index >= 15 is 0 Å². The van der Waals surface area contributed by atoms with Gasteiger partial charge in [-0.25, -0.2) is 0 Å². The Morgan fingerprint density at radius 3 is 2.67 bits per heavy atom. The molecule has 7 heteroatoms. The molecule has 0 saturated heterocycles. The van der Waals surface area contributed by atoms with E-state index < -0.39 is 4.92 Å². The minimum absolute atomic E-state index is 0.0278. The van der Waals surface area contributed by atoms with Gasteiger partial charge in [-0.05, 0) is 24.3 Å². The van der Waals surface area contributed by atoms with E-state index in [1.165, 1.54) is 18.2 Å². The summed E-state index contributed by atoms with van der Waals surface area (Å²) < 4.78 is 5.24. The molecule has 0 atom stereocenters. The van der Waals surface area contributed by atoms with E-state index in [2.05, 4.69) is 5.32 Å². The molecule has 0 fully saturated rings. The third-order valence-electron chi connectivity index (χ3n) is 2.87. The van der Waals surface area contributed by atoms with Gasteiger partial charge in [0.25, 0.3) is 5.69 Å². The maximum Gasteiger partial charge on any atom is 0.271 e. The first-order valence-corrected chi connectivity index (χ1v) is 6.77. The number of nitrogens with one attached hydrogen (secondary N) is 1. The maximum atomic E-state index is 10.8. The van der Waals surface area contributed by atoms with Crippen LogP contribution >= 0.6 is 23.2 Å². The van der Waals surface area contributed by atoms with Gasteiger partial charge in [0, 0.05) is 29.3 Å². The Bertz CT molecular complexity index is 677. The third-order valence-corrected chi connectivity index (χ3v) is 3.44. The molecular weight excluding hydrogens is 315 g/mol. The van der Waals surface area contributed by atoms with Crippen LogP contribution in [0.15, 0.2) is 36.4 Å². The van der Waals surface area contributed by atoms with Crippen LogP contribution < -0.4 is 10.1 Å². The molecule has 2 rings (SSSR count). The molecule has 2 aromatic carbocycles. The minimum Gasteiger partial charge on any atom is -0.496 e. The van der Waals surface area contributed by atoms with Crippen LogP contribution in [-0.4, -0.2) is 12.0 Å². The Morgan fingerprint density at radius 1 is 1.24 bits per heavy atom. The summed E-state index contributed by atoms with van der Waals surface area (Å²) in [4.78, 5) is 10.3. The van der Waals surface area contributed by atoms with Crippen LogP contribution in [0.25, 0.3) is 0 Å². The normalized spacial score (nSPS) is 10.2. The van der Waals surface area contributed by atoms with Gasteiger partial charge in [-0.1, -0.05) is 23.2 Å². The first-order valence-electron chi connectivity index (χ1n) is 6.01. The van der Waals surface area contributed by atoms with E-state index in [0.29, 0.717) is 28.0 Å². The van der Waals surface area contributed by atoms with Gasteiger partial charge in [-0.15, -0.1) is 0 Å². The number of non-ortho nitro benzene ring substituents is 1. The molecule has 0 spiro atoms. The zero-order valence-corrected chi connectivity index (χ0v) is 12.6. The second kappa shape index (κ2) is 6.65. The van der Waals surface area contributed by atoms with E-state index in [-0.39, 0.29) is 5.69 Å². The lowest BCUT2D eigenvalue weighted by Crippen LogP contribution is -2.03. The van der Waals surface area contributed by atoms with Crippen LogP contribution in [-0.2, 0) is 6.54 Å². The fourth-order valence-electron chi connectivity index (χ4n) is 1.84. The predicted molar refractivity (Wildman–Crippen MR) is 83.4 cm³/mol. The van der Waals surface area contributed by atoms with Gasteiger partial charge >= 0.3 is 0 Å². The first kappa shape index (κ1) is 15.4. The lowest BCUT2D eigenvalue weighted by molar-refractivity contribution is -0.384. The summed E-state index contributed by atoms with van der Waals surface area (Å²) in [5.74, 6) is 0.674. The van der Waals surface area contributed by atoms with Crippen molar-refractivity contribution in [2.45, 2.75) is 6.54 Å². The van der Waals surface area contributed by atoms with Crippen molar-refractivity contribution in [1.29, 1.82) is 0 Å². The SMILES string of the molecule is COc1ccc(Cl)cc1CNc1cc([N+](=O)[O-])ccc1Cl. The van der Waals surface area contributed by atoms with E-state index in [9.17, 15) is 10.1 Å². The number of halogens is 2. The Hall–Kier alpha value is -1.98. The van der Waals surface area contributed by atoms with Crippen LogP contribution in [0.4, 0.5) is 11.4 Å². The van der Waals surface area contributed by atoms with Crippen LogP contribution in [0.5, 0.6) is 5.75 Å². The molecule has 0 amide bonds. The summed E-state index contributed by atoms with van der Waals surface area (Å²) >= 11 is 12.0. The molecule has 0 aliphatic carbocycles. The molecule has 1 N–H and O–H groups in total. The zero-order valence-electron chi connectivity index (χ0n) is 11.1. The highest BCUT2D eigenvalue weighted by atomic mass is 35.5. The quantitative estimate of drug-likeness (QED) is 0.648. The van der Waals surface area contributed by atoms with E-state index in [4.69, 9.17) is 27.9 Å². The summed E-state index contributed by atoms with van der Waals surface area (Å²) in [6.45, 7) is 0.380. The molecule has 0 aliphatic rings. The average Bonchev–Trinajstić information content (AvgIpc) is 2.46. The van der Waals surface area contributed by atoms with Crippen molar-refractivity contribution in [3.8, 4) is 5.75 Å². The monoisotopic (exact) mass is 326 g/mol. The number of hydrogen-bond donors (Lipinski definition) is 1. The molecule has 0 unspecified atom stereocenters. The van der Waals surface area contributed by atoms with Crippen LogP contribution in [0.2, 0.25) is 10.0 Å². The second-order valence-corrected chi connectivity index (χ2v) is 5.07. The first-order chi connectivity index (χ1) is 10.0. The van der Waals surface area contributed by atoms with Crippen molar-refractivity contribution in [3.05, 3.63) is 62.1 Å². The minimum atomic E-state index is -0.471. The number of nitrogens with zero attached hydrogens (tertiary/aromatic N) is 1. The summed E-state index contributed by atoms with van der Waals surface area (Å²) in [6.07, 6.45) is 0. The fraction of sp³-hybridized carbons (Fsp3) is 0.143. The largest absolute Gasteiger partial charge is 0.496 e. The molecule has 5 nitrogen and oxygen atoms in total. The number of methoxy groups -OCH3 is 1. The van der Waals surface area contributed by atoms with E-state index in [1.54, 1.807) is 25.3 Å². The zero-order chi connectivity index (χ0) is 15.4. The number of anilines is 1. The summed E-state index contributed by atoms with van der Waals surface area (Å²) in [7, 11) is 1.56. The van der Waals surface area contributed by atoms with E-state index in [0.717, 1.165) is 5.56 Å². The molecule has 0 aromatic heterocycles. The van der Waals surface area contributed by atoms with Crippen LogP contribution in [0, 0.1) is 10.1 Å². The van der Waals surface area contributed by atoms with Gasteiger partial charge in [0.05, 0.1) is 22.7 Å². The van der Waals surface area contributed by atoms with Gasteiger partial charge in [-0.2, -0.15) is 0 Å². The van der Waals surface area contributed by atoms with E-state index in [1.807, 2.05) is 0 Å². The van der Waals surface area contributed by atoms with Gasteiger partial charge in [0.15, 0.2) is 0 Å². The smallest absolute Gasteiger partial charge is 0.271 e. The molecule has 21 heavy (non-hydrogen) atoms. The van der Waals surface area contributed by atoms with Crippen molar-refractivity contribution in [2.75, 3.05) is 12.4 Å². The lowest BCUT2D eigenvalue weighted by Gasteiger charge is -2.12. The van der Waals surface area contributed by atoms with Crippen molar-refractivity contribution < 1.29 is 9.66 Å². The number of nitro groups is 1. The Balaban J connectivity index is 2.22. The summed E-state index contributed by atoms with van der Waals surface area (Å²) in [5.41, 5.74) is 1.28. The Kier molecular flexibility index (Phi) is 4.88. The molecule has 2 aromatic rings.